The third-order valence-corrected chi connectivity index (χ3v) is 3.83. The maximum absolute atomic E-state index is 11.3. The number of aromatic nitrogens is 4. The molecule has 18 heavy (non-hydrogen) atoms. The van der Waals surface area contributed by atoms with Gasteiger partial charge in [-0.05, 0) is 13.8 Å². The van der Waals surface area contributed by atoms with Crippen LogP contribution in [-0.4, -0.2) is 35.5 Å². The van der Waals surface area contributed by atoms with E-state index in [2.05, 4.69) is 10.1 Å². The first kappa shape index (κ1) is 13.5. The molecule has 0 bridgehead atoms. The van der Waals surface area contributed by atoms with Crippen molar-refractivity contribution in [3.63, 3.8) is 0 Å². The molecule has 0 N–H and O–H groups in total. The average molecular weight is 289 g/mol. The molecule has 2 aromatic heterocycles. The summed E-state index contributed by atoms with van der Waals surface area (Å²) in [6.45, 7) is 4.47. The van der Waals surface area contributed by atoms with E-state index >= 15 is 0 Å². The minimum absolute atomic E-state index is 0.179. The van der Waals surface area contributed by atoms with Crippen molar-refractivity contribution in [3.05, 3.63) is 11.5 Å². The molecule has 2 unspecified atom stereocenters. The van der Waals surface area contributed by atoms with Crippen LogP contribution in [0.4, 0.5) is 0 Å². The third-order valence-electron chi connectivity index (χ3n) is 2.88. The van der Waals surface area contributed by atoms with Gasteiger partial charge in [0.2, 0.25) is 0 Å². The van der Waals surface area contributed by atoms with Gasteiger partial charge in [0.1, 0.15) is 11.3 Å². The Bertz CT molecular complexity index is 602. The second kappa shape index (κ2) is 5.01. The maximum atomic E-state index is 11.3. The fourth-order valence-corrected chi connectivity index (χ4v) is 2.70. The van der Waals surface area contributed by atoms with E-state index in [0.717, 1.165) is 22.7 Å². The third kappa shape index (κ3) is 2.31. The predicted molar refractivity (Wildman–Crippen MR) is 74.4 cm³/mol. The SMILES string of the molecule is Cc1nn(C)c2c1nc(C(C)Cl)n2CCS(C)=O. The van der Waals surface area contributed by atoms with Crippen molar-refractivity contribution in [3.8, 4) is 0 Å². The van der Waals surface area contributed by atoms with Crippen molar-refractivity contribution in [2.45, 2.75) is 25.8 Å². The zero-order chi connectivity index (χ0) is 13.4. The molecule has 0 saturated heterocycles. The number of hydrogen-bond donors (Lipinski definition) is 0. The van der Waals surface area contributed by atoms with Crippen LogP contribution in [0, 0.1) is 6.92 Å². The minimum atomic E-state index is -0.836. The number of hydrogen-bond acceptors (Lipinski definition) is 3. The Morgan fingerprint density at radius 3 is 2.72 bits per heavy atom. The molecule has 2 rings (SSSR count). The van der Waals surface area contributed by atoms with Crippen molar-refractivity contribution in [1.29, 1.82) is 0 Å². The molecule has 5 nitrogen and oxygen atoms in total. The molecule has 2 heterocycles. The lowest BCUT2D eigenvalue weighted by Crippen LogP contribution is -2.12. The minimum Gasteiger partial charge on any atom is -0.311 e. The topological polar surface area (TPSA) is 52.7 Å². The van der Waals surface area contributed by atoms with Gasteiger partial charge in [0.25, 0.3) is 0 Å². The second-order valence-electron chi connectivity index (χ2n) is 4.40. The molecule has 0 radical (unpaired) electrons. The highest BCUT2D eigenvalue weighted by Gasteiger charge is 2.19. The first-order chi connectivity index (χ1) is 8.41. The Morgan fingerprint density at radius 1 is 1.50 bits per heavy atom. The van der Waals surface area contributed by atoms with Crippen LogP contribution in [0.25, 0.3) is 11.2 Å². The van der Waals surface area contributed by atoms with Gasteiger partial charge in [0, 0.05) is 36.4 Å². The van der Waals surface area contributed by atoms with Crippen LogP contribution in [0.1, 0.15) is 23.8 Å². The molecule has 0 saturated carbocycles. The molecule has 2 aromatic rings. The largest absolute Gasteiger partial charge is 0.311 e. The summed E-state index contributed by atoms with van der Waals surface area (Å²) in [5.41, 5.74) is 2.71. The Kier molecular flexibility index (Phi) is 3.77. The summed E-state index contributed by atoms with van der Waals surface area (Å²) in [7, 11) is 1.05. The highest BCUT2D eigenvalue weighted by atomic mass is 35.5. The van der Waals surface area contributed by atoms with E-state index in [9.17, 15) is 4.21 Å². The van der Waals surface area contributed by atoms with E-state index in [1.54, 1.807) is 10.9 Å². The van der Waals surface area contributed by atoms with Crippen LogP contribution in [0.15, 0.2) is 0 Å². The van der Waals surface area contributed by atoms with E-state index < -0.39 is 10.8 Å². The molecule has 0 fully saturated rings. The lowest BCUT2D eigenvalue weighted by Gasteiger charge is -2.09. The van der Waals surface area contributed by atoms with Crippen molar-refractivity contribution in [2.24, 2.45) is 7.05 Å². The van der Waals surface area contributed by atoms with Gasteiger partial charge in [-0.3, -0.25) is 8.89 Å². The number of nitrogens with zero attached hydrogens (tertiary/aromatic N) is 4. The van der Waals surface area contributed by atoms with Crippen molar-refractivity contribution in [1.82, 2.24) is 19.3 Å². The summed E-state index contributed by atoms with van der Waals surface area (Å²) in [5, 5.41) is 4.17. The number of halogens is 1. The molecular formula is C11H17ClN4OS. The standard InChI is InChI=1S/C11H17ClN4OS/c1-7(12)10-13-9-8(2)14-15(3)11(9)16(10)5-6-18(4)17/h7H,5-6H2,1-4H3. The number of imidazole rings is 1. The Morgan fingerprint density at radius 2 is 2.17 bits per heavy atom. The fraction of sp³-hybridized carbons (Fsp3) is 0.636. The molecule has 0 aliphatic heterocycles. The fourth-order valence-electron chi connectivity index (χ4n) is 2.10. The predicted octanol–water partition coefficient (Wildman–Crippen LogP) is 1.76. The summed E-state index contributed by atoms with van der Waals surface area (Å²) < 4.78 is 15.1. The molecule has 0 aromatic carbocycles. The second-order valence-corrected chi connectivity index (χ2v) is 6.61. The Labute approximate surface area is 114 Å². The van der Waals surface area contributed by atoms with Crippen LogP contribution < -0.4 is 0 Å². The highest BCUT2D eigenvalue weighted by Crippen LogP contribution is 2.25. The average Bonchev–Trinajstić information content (AvgIpc) is 2.76. The number of aryl methyl sites for hydroxylation is 3. The first-order valence-electron chi connectivity index (χ1n) is 5.75. The molecule has 7 heteroatoms. The van der Waals surface area contributed by atoms with Gasteiger partial charge in [-0.1, -0.05) is 0 Å². The van der Waals surface area contributed by atoms with Gasteiger partial charge in [0.05, 0.1) is 11.1 Å². The number of fused-ring (bicyclic) bond motifs is 1. The summed E-state index contributed by atoms with van der Waals surface area (Å²) in [5.74, 6) is 1.40. The van der Waals surface area contributed by atoms with Crippen LogP contribution in [0.2, 0.25) is 0 Å². The van der Waals surface area contributed by atoms with Gasteiger partial charge in [0.15, 0.2) is 5.65 Å². The van der Waals surface area contributed by atoms with Crippen molar-refractivity contribution >= 4 is 33.6 Å². The quantitative estimate of drug-likeness (QED) is 0.806. The Balaban J connectivity index is 2.57. The van der Waals surface area contributed by atoms with Crippen molar-refractivity contribution in [2.75, 3.05) is 12.0 Å². The molecule has 0 aliphatic rings. The lowest BCUT2D eigenvalue weighted by atomic mass is 10.4. The van der Waals surface area contributed by atoms with E-state index in [0.29, 0.717) is 12.3 Å². The van der Waals surface area contributed by atoms with Gasteiger partial charge < -0.3 is 4.57 Å². The zero-order valence-electron chi connectivity index (χ0n) is 11.0. The van der Waals surface area contributed by atoms with Crippen molar-refractivity contribution < 1.29 is 4.21 Å². The van der Waals surface area contributed by atoms with E-state index in [1.165, 1.54) is 0 Å². The smallest absolute Gasteiger partial charge is 0.158 e. The summed E-state index contributed by atoms with van der Waals surface area (Å²) >= 11 is 6.17. The van der Waals surface area contributed by atoms with Crippen LogP contribution in [-0.2, 0) is 24.4 Å². The first-order valence-corrected chi connectivity index (χ1v) is 7.92. The molecule has 0 aliphatic carbocycles. The van der Waals surface area contributed by atoms with Gasteiger partial charge in [-0.2, -0.15) is 5.10 Å². The monoisotopic (exact) mass is 288 g/mol. The zero-order valence-corrected chi connectivity index (χ0v) is 12.5. The number of alkyl halides is 1. The summed E-state index contributed by atoms with van der Waals surface area (Å²) in [4.78, 5) is 4.56. The molecule has 0 amide bonds. The lowest BCUT2D eigenvalue weighted by molar-refractivity contribution is 0.656. The van der Waals surface area contributed by atoms with Crippen LogP contribution in [0.5, 0.6) is 0 Å². The highest BCUT2D eigenvalue weighted by molar-refractivity contribution is 7.84. The summed E-state index contributed by atoms with van der Waals surface area (Å²) in [6.07, 6.45) is 1.70. The Hall–Kier alpha value is -0.880. The molecule has 2 atom stereocenters. The molecule has 0 spiro atoms. The van der Waals surface area contributed by atoms with Crippen LogP contribution in [0.3, 0.4) is 0 Å². The van der Waals surface area contributed by atoms with Gasteiger partial charge in [-0.25, -0.2) is 4.98 Å². The molecule has 100 valence electrons. The van der Waals surface area contributed by atoms with E-state index in [1.807, 2.05) is 25.5 Å². The van der Waals surface area contributed by atoms with Gasteiger partial charge >= 0.3 is 0 Å². The maximum Gasteiger partial charge on any atom is 0.158 e. The van der Waals surface area contributed by atoms with E-state index in [4.69, 9.17) is 11.6 Å². The van der Waals surface area contributed by atoms with Crippen LogP contribution >= 0.6 is 11.6 Å². The summed E-state index contributed by atoms with van der Waals surface area (Å²) in [6, 6.07) is 0. The normalized spacial score (nSPS) is 15.2. The number of rotatable bonds is 4. The molecular weight excluding hydrogens is 272 g/mol. The van der Waals surface area contributed by atoms with E-state index in [-0.39, 0.29) is 5.38 Å². The van der Waals surface area contributed by atoms with Gasteiger partial charge in [-0.15, -0.1) is 11.6 Å².